The average Bonchev–Trinajstić information content (AvgIpc) is 3.25. The largest absolute Gasteiger partial charge is 0.303 e. The SMILES string of the molecule is CNC(C#N)(CN1CCC(CN2CCCC2)CC1)C1CC1. The lowest BCUT2D eigenvalue weighted by atomic mass is 9.91. The zero-order valence-electron chi connectivity index (χ0n) is 13.5. The van der Waals surface area contributed by atoms with Crippen LogP contribution in [0.1, 0.15) is 38.5 Å². The summed E-state index contributed by atoms with van der Waals surface area (Å²) in [7, 11) is 1.96. The van der Waals surface area contributed by atoms with E-state index < -0.39 is 0 Å². The molecule has 4 heteroatoms. The van der Waals surface area contributed by atoms with Crippen molar-refractivity contribution in [1.82, 2.24) is 15.1 Å². The highest BCUT2D eigenvalue weighted by Crippen LogP contribution is 2.40. The summed E-state index contributed by atoms with van der Waals surface area (Å²) in [6, 6.07) is 2.58. The second-order valence-electron chi connectivity index (χ2n) is 7.33. The number of likely N-dealkylation sites (N-methyl/N-ethyl adjacent to an activating group) is 1. The van der Waals surface area contributed by atoms with E-state index in [-0.39, 0.29) is 5.54 Å². The third kappa shape index (κ3) is 3.59. The van der Waals surface area contributed by atoms with Gasteiger partial charge < -0.3 is 15.1 Å². The van der Waals surface area contributed by atoms with Gasteiger partial charge in [0.2, 0.25) is 0 Å². The van der Waals surface area contributed by atoms with E-state index >= 15 is 0 Å². The Morgan fingerprint density at radius 3 is 2.24 bits per heavy atom. The molecule has 0 radical (unpaired) electrons. The Labute approximate surface area is 129 Å². The first-order valence-corrected chi connectivity index (χ1v) is 8.80. The first kappa shape index (κ1) is 15.3. The molecule has 0 aromatic heterocycles. The number of nitrogens with one attached hydrogen (secondary N) is 1. The summed E-state index contributed by atoms with van der Waals surface area (Å²) >= 11 is 0. The minimum absolute atomic E-state index is 0.290. The summed E-state index contributed by atoms with van der Waals surface area (Å²) in [5.74, 6) is 1.46. The fourth-order valence-electron chi connectivity index (χ4n) is 4.18. The number of nitriles is 1. The summed E-state index contributed by atoms with van der Waals surface area (Å²) in [4.78, 5) is 5.18. The second kappa shape index (κ2) is 6.64. The maximum Gasteiger partial charge on any atom is 0.122 e. The molecule has 0 bridgehead atoms. The molecule has 2 heterocycles. The van der Waals surface area contributed by atoms with Gasteiger partial charge in [-0.05, 0) is 83.6 Å². The molecular weight excluding hydrogens is 260 g/mol. The standard InChI is InChI=1S/C17H30N4/c1-19-17(13-18,16-4-5-16)14-21-10-6-15(7-11-21)12-20-8-2-3-9-20/h15-16,19H,2-12,14H2,1H3. The Bertz CT molecular complexity index is 373. The molecule has 118 valence electrons. The zero-order valence-corrected chi connectivity index (χ0v) is 13.5. The second-order valence-corrected chi connectivity index (χ2v) is 7.33. The van der Waals surface area contributed by atoms with E-state index in [1.165, 1.54) is 71.2 Å². The van der Waals surface area contributed by atoms with Crippen molar-refractivity contribution >= 4 is 0 Å². The number of nitrogens with zero attached hydrogens (tertiary/aromatic N) is 3. The molecule has 1 atom stereocenters. The summed E-state index contributed by atoms with van der Waals surface area (Å²) in [5, 5.41) is 12.9. The highest BCUT2D eigenvalue weighted by atomic mass is 15.2. The summed E-state index contributed by atoms with van der Waals surface area (Å²) < 4.78 is 0. The Hall–Kier alpha value is -0.630. The third-order valence-corrected chi connectivity index (χ3v) is 5.82. The van der Waals surface area contributed by atoms with Crippen LogP contribution in [-0.2, 0) is 0 Å². The van der Waals surface area contributed by atoms with Crippen molar-refractivity contribution < 1.29 is 0 Å². The van der Waals surface area contributed by atoms with Crippen molar-refractivity contribution in [3.8, 4) is 6.07 Å². The van der Waals surface area contributed by atoms with Gasteiger partial charge in [0, 0.05) is 13.1 Å². The molecule has 3 rings (SSSR count). The number of rotatable bonds is 6. The van der Waals surface area contributed by atoms with Gasteiger partial charge in [-0.15, -0.1) is 0 Å². The van der Waals surface area contributed by atoms with Crippen LogP contribution in [0.5, 0.6) is 0 Å². The third-order valence-electron chi connectivity index (χ3n) is 5.82. The quantitative estimate of drug-likeness (QED) is 0.808. The number of hydrogen-bond donors (Lipinski definition) is 1. The van der Waals surface area contributed by atoms with Gasteiger partial charge in [0.25, 0.3) is 0 Å². The lowest BCUT2D eigenvalue weighted by molar-refractivity contribution is 0.127. The Kier molecular flexibility index (Phi) is 4.83. The molecule has 0 aromatic carbocycles. The molecule has 2 aliphatic heterocycles. The number of piperidine rings is 1. The van der Waals surface area contributed by atoms with Gasteiger partial charge in [0.05, 0.1) is 6.07 Å². The summed E-state index contributed by atoms with van der Waals surface area (Å²) in [6.07, 6.45) is 7.86. The van der Waals surface area contributed by atoms with E-state index in [1.54, 1.807) is 0 Å². The predicted molar refractivity (Wildman–Crippen MR) is 85.0 cm³/mol. The van der Waals surface area contributed by atoms with Gasteiger partial charge in [0.1, 0.15) is 5.54 Å². The summed E-state index contributed by atoms with van der Waals surface area (Å²) in [6.45, 7) is 7.22. The molecule has 0 spiro atoms. The van der Waals surface area contributed by atoms with Gasteiger partial charge in [-0.25, -0.2) is 0 Å². The van der Waals surface area contributed by atoms with Crippen LogP contribution >= 0.6 is 0 Å². The monoisotopic (exact) mass is 290 g/mol. The van der Waals surface area contributed by atoms with Gasteiger partial charge in [0.15, 0.2) is 0 Å². The maximum absolute atomic E-state index is 9.61. The number of hydrogen-bond acceptors (Lipinski definition) is 4. The van der Waals surface area contributed by atoms with Crippen LogP contribution < -0.4 is 5.32 Å². The first-order chi connectivity index (χ1) is 10.3. The molecule has 2 saturated heterocycles. The summed E-state index contributed by atoms with van der Waals surface area (Å²) in [5.41, 5.74) is -0.290. The van der Waals surface area contributed by atoms with Crippen LogP contribution in [0.25, 0.3) is 0 Å². The maximum atomic E-state index is 9.61. The molecular formula is C17H30N4. The smallest absolute Gasteiger partial charge is 0.122 e. The van der Waals surface area contributed by atoms with Crippen molar-refractivity contribution in [3.05, 3.63) is 0 Å². The van der Waals surface area contributed by atoms with Gasteiger partial charge >= 0.3 is 0 Å². The van der Waals surface area contributed by atoms with Crippen molar-refractivity contribution in [2.75, 3.05) is 46.3 Å². The Balaban J connectivity index is 1.45. The van der Waals surface area contributed by atoms with E-state index in [9.17, 15) is 5.26 Å². The molecule has 3 fully saturated rings. The number of likely N-dealkylation sites (tertiary alicyclic amines) is 2. The van der Waals surface area contributed by atoms with E-state index in [0.717, 1.165) is 12.5 Å². The topological polar surface area (TPSA) is 42.3 Å². The minimum atomic E-state index is -0.290. The highest BCUT2D eigenvalue weighted by molar-refractivity contribution is 5.16. The lowest BCUT2D eigenvalue weighted by Gasteiger charge is -2.38. The molecule has 1 saturated carbocycles. The normalized spacial score (nSPS) is 28.4. The van der Waals surface area contributed by atoms with E-state index in [1.807, 2.05) is 7.05 Å². The van der Waals surface area contributed by atoms with Gasteiger partial charge in [-0.1, -0.05) is 0 Å². The molecule has 0 amide bonds. The van der Waals surface area contributed by atoms with Crippen LogP contribution in [0.2, 0.25) is 0 Å². The van der Waals surface area contributed by atoms with Crippen molar-refractivity contribution in [2.24, 2.45) is 11.8 Å². The molecule has 1 N–H and O–H groups in total. The van der Waals surface area contributed by atoms with Crippen LogP contribution in [0.3, 0.4) is 0 Å². The Morgan fingerprint density at radius 1 is 1.05 bits per heavy atom. The van der Waals surface area contributed by atoms with Gasteiger partial charge in [-0.2, -0.15) is 5.26 Å². The molecule has 1 unspecified atom stereocenters. The van der Waals surface area contributed by atoms with E-state index in [0.29, 0.717) is 5.92 Å². The molecule has 4 nitrogen and oxygen atoms in total. The van der Waals surface area contributed by atoms with Crippen molar-refractivity contribution in [3.63, 3.8) is 0 Å². The predicted octanol–water partition coefficient (Wildman–Crippen LogP) is 1.69. The minimum Gasteiger partial charge on any atom is -0.303 e. The first-order valence-electron chi connectivity index (χ1n) is 8.80. The molecule has 21 heavy (non-hydrogen) atoms. The van der Waals surface area contributed by atoms with E-state index in [4.69, 9.17) is 0 Å². The lowest BCUT2D eigenvalue weighted by Crippen LogP contribution is -2.54. The van der Waals surface area contributed by atoms with Crippen LogP contribution in [0.4, 0.5) is 0 Å². The zero-order chi connectivity index (χ0) is 14.7. The average molecular weight is 290 g/mol. The van der Waals surface area contributed by atoms with E-state index in [2.05, 4.69) is 21.2 Å². The molecule has 1 aliphatic carbocycles. The Morgan fingerprint density at radius 2 is 1.71 bits per heavy atom. The van der Waals surface area contributed by atoms with Gasteiger partial charge in [-0.3, -0.25) is 0 Å². The highest BCUT2D eigenvalue weighted by Gasteiger charge is 2.46. The molecule has 0 aromatic rings. The van der Waals surface area contributed by atoms with Crippen LogP contribution in [0.15, 0.2) is 0 Å². The van der Waals surface area contributed by atoms with Crippen LogP contribution in [-0.4, -0.2) is 61.7 Å². The van der Waals surface area contributed by atoms with Crippen molar-refractivity contribution in [1.29, 1.82) is 5.26 Å². The van der Waals surface area contributed by atoms with Crippen LogP contribution in [0, 0.1) is 23.2 Å². The fourth-order valence-corrected chi connectivity index (χ4v) is 4.18. The fraction of sp³-hybridized carbons (Fsp3) is 0.941. The van der Waals surface area contributed by atoms with Crippen molar-refractivity contribution in [2.45, 2.75) is 44.1 Å². The molecule has 3 aliphatic rings.